The van der Waals surface area contributed by atoms with Crippen molar-refractivity contribution in [2.24, 2.45) is 5.41 Å². The lowest BCUT2D eigenvalue weighted by molar-refractivity contribution is -0.158. The number of esters is 1. The Bertz CT molecular complexity index is 825. The molecule has 3 amide bonds. The fraction of sp³-hybridized carbons (Fsp3) is 0.609. The first-order chi connectivity index (χ1) is 14.6. The number of nitrogens with zero attached hydrogens (tertiary/aromatic N) is 2. The van der Waals surface area contributed by atoms with E-state index < -0.39 is 11.6 Å². The predicted octanol–water partition coefficient (Wildman–Crippen LogP) is 3.27. The van der Waals surface area contributed by atoms with Crippen molar-refractivity contribution in [3.05, 3.63) is 24.3 Å². The quantitative estimate of drug-likeness (QED) is 0.584. The molecular weight excluding hydrogens is 398 g/mol. The predicted molar refractivity (Wildman–Crippen MR) is 117 cm³/mol. The van der Waals surface area contributed by atoms with Crippen molar-refractivity contribution in [3.63, 3.8) is 0 Å². The van der Waals surface area contributed by atoms with Crippen LogP contribution >= 0.6 is 0 Å². The van der Waals surface area contributed by atoms with Crippen LogP contribution in [0.2, 0.25) is 0 Å². The highest BCUT2D eigenvalue weighted by molar-refractivity contribution is 5.94. The minimum absolute atomic E-state index is 0.0187. The van der Waals surface area contributed by atoms with Crippen LogP contribution < -0.4 is 10.1 Å². The van der Waals surface area contributed by atoms with E-state index in [9.17, 15) is 14.4 Å². The maximum atomic E-state index is 12.7. The number of hydrogen-bond acceptors (Lipinski definition) is 5. The molecule has 170 valence electrons. The molecule has 0 atom stereocenters. The minimum atomic E-state index is -0.596. The van der Waals surface area contributed by atoms with Crippen LogP contribution in [0.15, 0.2) is 24.3 Å². The summed E-state index contributed by atoms with van der Waals surface area (Å²) in [6.45, 7) is 7.92. The van der Waals surface area contributed by atoms with E-state index in [1.165, 1.54) is 0 Å². The van der Waals surface area contributed by atoms with Gasteiger partial charge in [0.25, 0.3) is 0 Å². The molecule has 1 N–H and O–H groups in total. The molecule has 8 nitrogen and oxygen atoms in total. The summed E-state index contributed by atoms with van der Waals surface area (Å²) >= 11 is 0. The first-order valence-corrected chi connectivity index (χ1v) is 10.8. The number of benzene rings is 1. The van der Waals surface area contributed by atoms with E-state index in [2.05, 4.69) is 5.32 Å². The third-order valence-corrected chi connectivity index (χ3v) is 5.97. The van der Waals surface area contributed by atoms with Gasteiger partial charge in [0.05, 0.1) is 12.8 Å². The minimum Gasteiger partial charge on any atom is -0.495 e. The lowest BCUT2D eigenvalue weighted by Gasteiger charge is -2.39. The van der Waals surface area contributed by atoms with Crippen molar-refractivity contribution in [2.75, 3.05) is 38.6 Å². The fourth-order valence-corrected chi connectivity index (χ4v) is 4.30. The second kappa shape index (κ2) is 9.16. The maximum absolute atomic E-state index is 12.7. The Hall–Kier alpha value is -2.77. The van der Waals surface area contributed by atoms with E-state index in [1.807, 2.05) is 29.2 Å². The topological polar surface area (TPSA) is 88.2 Å². The third kappa shape index (κ3) is 5.89. The van der Waals surface area contributed by atoms with Gasteiger partial charge in [0.15, 0.2) is 0 Å². The average Bonchev–Trinajstić information content (AvgIpc) is 3.11. The van der Waals surface area contributed by atoms with Crippen LogP contribution in [-0.4, -0.2) is 66.6 Å². The van der Waals surface area contributed by atoms with Crippen LogP contribution in [-0.2, 0) is 14.3 Å². The molecule has 2 fully saturated rings. The second-order valence-electron chi connectivity index (χ2n) is 9.45. The van der Waals surface area contributed by atoms with Crippen molar-refractivity contribution in [1.82, 2.24) is 9.80 Å². The van der Waals surface area contributed by atoms with Gasteiger partial charge >= 0.3 is 12.0 Å². The number of urea groups is 1. The van der Waals surface area contributed by atoms with Crippen molar-refractivity contribution in [2.45, 2.75) is 52.1 Å². The lowest BCUT2D eigenvalue weighted by Crippen LogP contribution is -2.46. The Balaban J connectivity index is 1.49. The van der Waals surface area contributed by atoms with Gasteiger partial charge in [-0.2, -0.15) is 0 Å². The van der Waals surface area contributed by atoms with Crippen LogP contribution in [0, 0.1) is 5.41 Å². The summed E-state index contributed by atoms with van der Waals surface area (Å²) in [7, 11) is 1.57. The van der Waals surface area contributed by atoms with Gasteiger partial charge < -0.3 is 24.6 Å². The van der Waals surface area contributed by atoms with E-state index in [0.717, 1.165) is 19.3 Å². The lowest BCUT2D eigenvalue weighted by atomic mass is 9.78. The zero-order valence-electron chi connectivity index (χ0n) is 18.9. The highest BCUT2D eigenvalue weighted by Gasteiger charge is 2.43. The number of anilines is 1. The molecule has 0 aliphatic carbocycles. The van der Waals surface area contributed by atoms with Crippen molar-refractivity contribution < 1.29 is 23.9 Å². The molecule has 2 aliphatic heterocycles. The smallest absolute Gasteiger partial charge is 0.321 e. The number of ether oxygens (including phenoxy) is 2. The van der Waals surface area contributed by atoms with E-state index in [4.69, 9.17) is 9.47 Å². The monoisotopic (exact) mass is 431 g/mol. The molecule has 8 heteroatoms. The highest BCUT2D eigenvalue weighted by Crippen LogP contribution is 2.40. The number of amides is 3. The first kappa shape index (κ1) is 22.9. The van der Waals surface area contributed by atoms with Gasteiger partial charge in [0, 0.05) is 26.2 Å². The van der Waals surface area contributed by atoms with Gasteiger partial charge in [0.2, 0.25) is 5.91 Å². The zero-order chi connectivity index (χ0) is 22.6. The van der Waals surface area contributed by atoms with Crippen LogP contribution in [0.25, 0.3) is 0 Å². The molecule has 1 spiro atoms. The molecule has 3 rings (SSSR count). The number of methoxy groups -OCH3 is 1. The molecule has 0 saturated carbocycles. The Morgan fingerprint density at radius 1 is 1.03 bits per heavy atom. The van der Waals surface area contributed by atoms with Gasteiger partial charge in [-0.3, -0.25) is 9.59 Å². The largest absolute Gasteiger partial charge is 0.495 e. The van der Waals surface area contributed by atoms with E-state index in [1.54, 1.807) is 32.8 Å². The van der Waals surface area contributed by atoms with Crippen molar-refractivity contribution >= 4 is 23.6 Å². The Labute approximate surface area is 183 Å². The number of carbonyl (C=O) groups excluding carboxylic acids is 3. The third-order valence-electron chi connectivity index (χ3n) is 5.97. The fourth-order valence-electron chi connectivity index (χ4n) is 4.30. The Morgan fingerprint density at radius 3 is 2.26 bits per heavy atom. The Morgan fingerprint density at radius 2 is 1.65 bits per heavy atom. The average molecular weight is 432 g/mol. The van der Waals surface area contributed by atoms with Crippen LogP contribution in [0.1, 0.15) is 46.5 Å². The standard InChI is InChI=1S/C23H33N3O5/c1-22(2,3)31-20(28)15-19(27)26-14-11-23(16-26)9-12-25(13-10-23)21(29)24-17-7-5-6-8-18(17)30-4/h5-8H,9-16H2,1-4H3,(H,24,29). The summed E-state index contributed by atoms with van der Waals surface area (Å²) < 4.78 is 10.6. The maximum Gasteiger partial charge on any atom is 0.321 e. The second-order valence-corrected chi connectivity index (χ2v) is 9.45. The van der Waals surface area contributed by atoms with E-state index >= 15 is 0 Å². The van der Waals surface area contributed by atoms with Gasteiger partial charge in [-0.15, -0.1) is 0 Å². The molecule has 0 unspecified atom stereocenters. The molecule has 2 aliphatic rings. The molecule has 2 heterocycles. The highest BCUT2D eigenvalue weighted by atomic mass is 16.6. The van der Waals surface area contributed by atoms with Crippen LogP contribution in [0.5, 0.6) is 5.75 Å². The molecule has 31 heavy (non-hydrogen) atoms. The summed E-state index contributed by atoms with van der Waals surface area (Å²) in [5.41, 5.74) is 0.0704. The molecule has 1 aromatic carbocycles. The number of hydrogen-bond donors (Lipinski definition) is 1. The summed E-state index contributed by atoms with van der Waals surface area (Å²) in [6, 6.07) is 7.19. The van der Waals surface area contributed by atoms with Crippen LogP contribution in [0.3, 0.4) is 0 Å². The number of carbonyl (C=O) groups is 3. The summed E-state index contributed by atoms with van der Waals surface area (Å²) in [4.78, 5) is 40.8. The Kier molecular flexibility index (Phi) is 6.77. The first-order valence-electron chi connectivity index (χ1n) is 10.8. The molecule has 0 radical (unpaired) electrons. The van der Waals surface area contributed by atoms with Crippen LogP contribution in [0.4, 0.5) is 10.5 Å². The van der Waals surface area contributed by atoms with Gasteiger partial charge in [0.1, 0.15) is 17.8 Å². The molecule has 2 saturated heterocycles. The summed E-state index contributed by atoms with van der Waals surface area (Å²) in [6.07, 6.45) is 2.35. The number of rotatable bonds is 4. The summed E-state index contributed by atoms with van der Waals surface area (Å²) in [5.74, 6) is -0.0389. The number of para-hydroxylation sites is 2. The molecular formula is C23H33N3O5. The number of nitrogens with one attached hydrogen (secondary N) is 1. The summed E-state index contributed by atoms with van der Waals surface area (Å²) in [5, 5.41) is 2.92. The van der Waals surface area contributed by atoms with Gasteiger partial charge in [-0.1, -0.05) is 12.1 Å². The molecule has 1 aromatic rings. The van der Waals surface area contributed by atoms with Crippen molar-refractivity contribution in [3.8, 4) is 5.75 Å². The number of likely N-dealkylation sites (tertiary alicyclic amines) is 2. The van der Waals surface area contributed by atoms with E-state index in [-0.39, 0.29) is 23.8 Å². The molecule has 0 bridgehead atoms. The van der Waals surface area contributed by atoms with Gasteiger partial charge in [-0.25, -0.2) is 4.79 Å². The normalized spacial score (nSPS) is 18.1. The molecule has 0 aromatic heterocycles. The SMILES string of the molecule is COc1ccccc1NC(=O)N1CCC2(CCN(C(=O)CC(=O)OC(C)(C)C)C2)CC1. The van der Waals surface area contributed by atoms with E-state index in [0.29, 0.717) is 37.6 Å². The number of piperidine rings is 1. The van der Waals surface area contributed by atoms with Crippen molar-refractivity contribution in [1.29, 1.82) is 0 Å². The van der Waals surface area contributed by atoms with Gasteiger partial charge in [-0.05, 0) is 57.6 Å². The zero-order valence-corrected chi connectivity index (χ0v) is 18.9.